The van der Waals surface area contributed by atoms with E-state index in [0.717, 1.165) is 18.4 Å². The van der Waals surface area contributed by atoms with Crippen LogP contribution < -0.4 is 10.6 Å². The lowest BCUT2D eigenvalue weighted by molar-refractivity contribution is 0.251. The smallest absolute Gasteiger partial charge is 0.319 e. The molecule has 1 aliphatic rings. The van der Waals surface area contributed by atoms with Gasteiger partial charge in [-0.2, -0.15) is 0 Å². The summed E-state index contributed by atoms with van der Waals surface area (Å²) in [5.41, 5.74) is 1.44. The van der Waals surface area contributed by atoms with Gasteiger partial charge < -0.3 is 10.6 Å². The van der Waals surface area contributed by atoms with E-state index in [9.17, 15) is 13.2 Å². The Labute approximate surface area is 141 Å². The van der Waals surface area contributed by atoms with Gasteiger partial charge in [-0.15, -0.1) is 0 Å². The average molecular weight is 345 g/mol. The van der Waals surface area contributed by atoms with Crippen molar-refractivity contribution < 1.29 is 13.2 Å². The molecule has 1 heterocycles. The third kappa shape index (κ3) is 4.55. The highest BCUT2D eigenvalue weighted by molar-refractivity contribution is 7.91. The highest BCUT2D eigenvalue weighted by Crippen LogP contribution is 2.32. The Kier molecular flexibility index (Phi) is 4.80. The van der Waals surface area contributed by atoms with Crippen molar-refractivity contribution in [1.82, 2.24) is 10.3 Å². The van der Waals surface area contributed by atoms with Crippen LogP contribution in [0.1, 0.15) is 18.4 Å². The Morgan fingerprint density at radius 1 is 1.17 bits per heavy atom. The highest BCUT2D eigenvalue weighted by atomic mass is 32.2. The number of nitrogens with one attached hydrogen (secondary N) is 2. The molecule has 0 spiro atoms. The third-order valence-electron chi connectivity index (χ3n) is 3.80. The molecule has 0 bridgehead atoms. The second-order valence-electron chi connectivity index (χ2n) is 5.92. The zero-order chi connectivity index (χ0) is 17.0. The van der Waals surface area contributed by atoms with Crippen LogP contribution in [0.4, 0.5) is 10.5 Å². The van der Waals surface area contributed by atoms with Crippen molar-refractivity contribution in [2.45, 2.75) is 24.3 Å². The van der Waals surface area contributed by atoms with E-state index >= 15 is 0 Å². The summed E-state index contributed by atoms with van der Waals surface area (Å²) in [5.74, 6) is 0.525. The van der Waals surface area contributed by atoms with Crippen LogP contribution in [0, 0.1) is 5.92 Å². The molecular formula is C17H19N3O3S. The number of benzene rings is 1. The lowest BCUT2D eigenvalue weighted by Gasteiger charge is -2.09. The minimum Gasteiger partial charge on any atom is -0.334 e. The molecule has 3 rings (SSSR count). The van der Waals surface area contributed by atoms with Crippen molar-refractivity contribution in [2.24, 2.45) is 5.92 Å². The number of hydrogen-bond donors (Lipinski definition) is 2. The molecule has 0 radical (unpaired) electrons. The van der Waals surface area contributed by atoms with Crippen LogP contribution in [0.25, 0.3) is 0 Å². The SMILES string of the molecule is O=C(NCc1cccnc1)Nc1ccc(S(=O)(=O)CC2CC2)cc1. The standard InChI is InChI=1S/C17H19N3O3S/c21-17(19-11-14-2-1-9-18-10-14)20-15-5-7-16(8-6-15)24(22,23)12-13-3-4-13/h1-2,5-10,13H,3-4,11-12H2,(H2,19,20,21). The molecule has 2 N–H and O–H groups in total. The fourth-order valence-corrected chi connectivity index (χ4v) is 3.99. The zero-order valence-electron chi connectivity index (χ0n) is 13.1. The Bertz CT molecular complexity index is 801. The topological polar surface area (TPSA) is 88.2 Å². The predicted octanol–water partition coefficient (Wildman–Crippen LogP) is 2.59. The number of sulfone groups is 1. The molecule has 0 atom stereocenters. The summed E-state index contributed by atoms with van der Waals surface area (Å²) < 4.78 is 24.3. The largest absolute Gasteiger partial charge is 0.334 e. The number of urea groups is 1. The number of pyridine rings is 1. The Balaban J connectivity index is 1.54. The number of anilines is 1. The van der Waals surface area contributed by atoms with Gasteiger partial charge in [0.15, 0.2) is 9.84 Å². The van der Waals surface area contributed by atoms with E-state index in [4.69, 9.17) is 0 Å². The third-order valence-corrected chi connectivity index (χ3v) is 5.70. The van der Waals surface area contributed by atoms with E-state index in [1.165, 1.54) is 12.1 Å². The fourth-order valence-electron chi connectivity index (χ4n) is 2.30. The van der Waals surface area contributed by atoms with Crippen LogP contribution in [0.3, 0.4) is 0 Å². The number of carbonyl (C=O) groups excluding carboxylic acids is 1. The van der Waals surface area contributed by atoms with Crippen molar-refractivity contribution >= 4 is 21.6 Å². The maximum atomic E-state index is 12.2. The quantitative estimate of drug-likeness (QED) is 0.842. The van der Waals surface area contributed by atoms with Crippen LogP contribution in [0.5, 0.6) is 0 Å². The summed E-state index contributed by atoms with van der Waals surface area (Å²) >= 11 is 0. The molecule has 0 aliphatic heterocycles. The van der Waals surface area contributed by atoms with E-state index in [2.05, 4.69) is 15.6 Å². The minimum absolute atomic E-state index is 0.214. The normalized spacial score (nSPS) is 14.2. The van der Waals surface area contributed by atoms with Gasteiger partial charge in [0.25, 0.3) is 0 Å². The van der Waals surface area contributed by atoms with Gasteiger partial charge in [-0.25, -0.2) is 13.2 Å². The molecule has 24 heavy (non-hydrogen) atoms. The van der Waals surface area contributed by atoms with Crippen LogP contribution in [-0.2, 0) is 16.4 Å². The predicted molar refractivity (Wildman–Crippen MR) is 91.3 cm³/mol. The van der Waals surface area contributed by atoms with E-state index in [0.29, 0.717) is 23.0 Å². The lowest BCUT2D eigenvalue weighted by atomic mass is 10.3. The van der Waals surface area contributed by atoms with Gasteiger partial charge in [-0.05, 0) is 54.7 Å². The summed E-state index contributed by atoms with van der Waals surface area (Å²) in [6.07, 6.45) is 5.34. The Hall–Kier alpha value is -2.41. The van der Waals surface area contributed by atoms with E-state index in [1.807, 2.05) is 6.07 Å². The van der Waals surface area contributed by atoms with Crippen molar-refractivity contribution in [2.75, 3.05) is 11.1 Å². The van der Waals surface area contributed by atoms with Crippen LogP contribution >= 0.6 is 0 Å². The van der Waals surface area contributed by atoms with Gasteiger partial charge in [-0.3, -0.25) is 4.98 Å². The number of aromatic nitrogens is 1. The molecule has 1 aromatic heterocycles. The van der Waals surface area contributed by atoms with Crippen molar-refractivity contribution in [3.05, 3.63) is 54.4 Å². The van der Waals surface area contributed by atoms with E-state index in [1.54, 1.807) is 30.6 Å². The number of carbonyl (C=O) groups is 1. The van der Waals surface area contributed by atoms with Crippen LogP contribution in [0.2, 0.25) is 0 Å². The molecule has 0 unspecified atom stereocenters. The van der Waals surface area contributed by atoms with E-state index in [-0.39, 0.29) is 11.8 Å². The monoisotopic (exact) mass is 345 g/mol. The minimum atomic E-state index is -3.22. The first-order chi connectivity index (χ1) is 11.5. The Morgan fingerprint density at radius 3 is 2.54 bits per heavy atom. The first kappa shape index (κ1) is 16.4. The molecule has 1 saturated carbocycles. The van der Waals surface area contributed by atoms with Gasteiger partial charge in [0.05, 0.1) is 10.6 Å². The summed E-state index contributed by atoms with van der Waals surface area (Å²) in [6.45, 7) is 0.369. The summed E-state index contributed by atoms with van der Waals surface area (Å²) in [5, 5.41) is 5.40. The number of nitrogens with zero attached hydrogens (tertiary/aromatic N) is 1. The number of rotatable bonds is 6. The number of hydrogen-bond acceptors (Lipinski definition) is 4. The van der Waals surface area contributed by atoms with Crippen molar-refractivity contribution in [3.63, 3.8) is 0 Å². The van der Waals surface area contributed by atoms with Gasteiger partial charge >= 0.3 is 6.03 Å². The highest BCUT2D eigenvalue weighted by Gasteiger charge is 2.28. The second kappa shape index (κ2) is 7.00. The molecule has 2 aromatic rings. The first-order valence-electron chi connectivity index (χ1n) is 7.79. The summed E-state index contributed by atoms with van der Waals surface area (Å²) in [7, 11) is -3.22. The fraction of sp³-hybridized carbons (Fsp3) is 0.294. The van der Waals surface area contributed by atoms with Gasteiger partial charge in [0, 0.05) is 24.6 Å². The average Bonchev–Trinajstić information content (AvgIpc) is 3.38. The van der Waals surface area contributed by atoms with Crippen molar-refractivity contribution in [1.29, 1.82) is 0 Å². The van der Waals surface area contributed by atoms with E-state index < -0.39 is 9.84 Å². The first-order valence-corrected chi connectivity index (χ1v) is 9.45. The molecule has 126 valence electrons. The molecule has 1 aromatic carbocycles. The summed E-state index contributed by atoms with van der Waals surface area (Å²) in [6, 6.07) is 9.59. The van der Waals surface area contributed by atoms with Crippen LogP contribution in [0.15, 0.2) is 53.7 Å². The van der Waals surface area contributed by atoms with Gasteiger partial charge in [0.1, 0.15) is 0 Å². The molecule has 2 amide bonds. The molecule has 1 aliphatic carbocycles. The molecule has 1 fully saturated rings. The second-order valence-corrected chi connectivity index (χ2v) is 7.95. The lowest BCUT2D eigenvalue weighted by Crippen LogP contribution is -2.28. The Morgan fingerprint density at radius 2 is 1.92 bits per heavy atom. The molecule has 7 heteroatoms. The van der Waals surface area contributed by atoms with Crippen molar-refractivity contribution in [3.8, 4) is 0 Å². The van der Waals surface area contributed by atoms with Gasteiger partial charge in [-0.1, -0.05) is 6.07 Å². The zero-order valence-corrected chi connectivity index (χ0v) is 13.9. The molecule has 0 saturated heterocycles. The molecular weight excluding hydrogens is 326 g/mol. The van der Waals surface area contributed by atoms with Crippen LogP contribution in [-0.4, -0.2) is 25.2 Å². The van der Waals surface area contributed by atoms with Gasteiger partial charge in [0.2, 0.25) is 0 Å². The molecule has 6 nitrogen and oxygen atoms in total. The number of amides is 2. The maximum absolute atomic E-state index is 12.2. The summed E-state index contributed by atoms with van der Waals surface area (Å²) in [4.78, 5) is 16.1. The maximum Gasteiger partial charge on any atom is 0.319 e.